The fourth-order valence-electron chi connectivity index (χ4n) is 3.15. The maximum absolute atomic E-state index is 9.07. The third-order valence-corrected chi connectivity index (χ3v) is 4.48. The lowest BCUT2D eigenvalue weighted by Crippen LogP contribution is -2.04. The van der Waals surface area contributed by atoms with Gasteiger partial charge in [0.2, 0.25) is 0 Å². The zero-order valence-corrected chi connectivity index (χ0v) is 14.0. The van der Waals surface area contributed by atoms with Crippen molar-refractivity contribution in [2.75, 3.05) is 18.9 Å². The Kier molecular flexibility index (Phi) is 3.97. The fourth-order valence-corrected chi connectivity index (χ4v) is 3.15. The highest BCUT2D eigenvalue weighted by Gasteiger charge is 2.43. The number of aliphatic hydroxyl groups excluding tert-OH is 1. The van der Waals surface area contributed by atoms with Gasteiger partial charge in [0.15, 0.2) is 0 Å². The van der Waals surface area contributed by atoms with Crippen molar-refractivity contribution in [2.45, 2.75) is 25.2 Å². The molecular weight excluding hydrogens is 316 g/mol. The molecule has 6 heteroatoms. The molecule has 1 saturated carbocycles. The van der Waals surface area contributed by atoms with Gasteiger partial charge in [0, 0.05) is 46.6 Å². The second kappa shape index (κ2) is 6.29. The Morgan fingerprint density at radius 3 is 2.88 bits per heavy atom. The van der Waals surface area contributed by atoms with E-state index < -0.39 is 0 Å². The van der Waals surface area contributed by atoms with Crippen molar-refractivity contribution >= 4 is 16.6 Å². The smallest absolute Gasteiger partial charge is 0.132 e. The number of anilines is 1. The van der Waals surface area contributed by atoms with Crippen LogP contribution < -0.4 is 10.5 Å². The molecule has 3 aromatic rings. The van der Waals surface area contributed by atoms with Crippen molar-refractivity contribution in [3.8, 4) is 5.75 Å². The lowest BCUT2D eigenvalue weighted by molar-refractivity contribution is 0.202. The van der Waals surface area contributed by atoms with E-state index in [9.17, 15) is 0 Å². The van der Waals surface area contributed by atoms with Crippen LogP contribution in [0, 0.1) is 6.92 Å². The van der Waals surface area contributed by atoms with E-state index in [4.69, 9.17) is 20.6 Å². The van der Waals surface area contributed by atoms with E-state index in [2.05, 4.69) is 9.97 Å². The highest BCUT2D eigenvalue weighted by Crippen LogP contribution is 2.53. The van der Waals surface area contributed by atoms with Crippen LogP contribution in [-0.4, -0.2) is 33.3 Å². The predicted octanol–water partition coefficient (Wildman–Crippen LogP) is 2.56. The first-order valence-electron chi connectivity index (χ1n) is 8.39. The summed E-state index contributed by atoms with van der Waals surface area (Å²) in [5.41, 5.74) is 9.32. The molecule has 0 amide bonds. The van der Waals surface area contributed by atoms with Crippen molar-refractivity contribution in [2.24, 2.45) is 0 Å². The number of ether oxygens (including phenoxy) is 1. The fraction of sp³-hybridized carbons (Fsp3) is 0.316. The molecule has 0 spiro atoms. The van der Waals surface area contributed by atoms with Crippen LogP contribution in [0.2, 0.25) is 0 Å². The highest BCUT2D eigenvalue weighted by atomic mass is 16.5. The molecule has 0 radical (unpaired) electrons. The summed E-state index contributed by atoms with van der Waals surface area (Å²) in [7, 11) is 0. The molecule has 25 heavy (non-hydrogen) atoms. The van der Waals surface area contributed by atoms with E-state index in [1.807, 2.05) is 37.3 Å². The summed E-state index contributed by atoms with van der Waals surface area (Å²) in [5, 5.41) is 9.97. The molecule has 0 bridgehead atoms. The second-order valence-electron chi connectivity index (χ2n) is 6.40. The first kappa shape index (κ1) is 15.8. The third-order valence-electron chi connectivity index (χ3n) is 4.48. The molecule has 4 rings (SSSR count). The number of benzene rings is 1. The first-order valence-corrected chi connectivity index (χ1v) is 8.39. The molecule has 0 unspecified atom stereocenters. The van der Waals surface area contributed by atoms with Gasteiger partial charge in [-0.25, -0.2) is 9.97 Å². The zero-order valence-electron chi connectivity index (χ0n) is 14.0. The average Bonchev–Trinajstić information content (AvgIpc) is 3.40. The zero-order chi connectivity index (χ0) is 17.4. The predicted molar refractivity (Wildman–Crippen MR) is 95.6 cm³/mol. The average molecular weight is 336 g/mol. The minimum Gasteiger partial charge on any atom is -0.490 e. The van der Waals surface area contributed by atoms with E-state index in [0.29, 0.717) is 5.69 Å². The number of aliphatic hydroxyl groups is 1. The number of aryl methyl sites for hydroxylation is 1. The van der Waals surface area contributed by atoms with Crippen molar-refractivity contribution < 1.29 is 9.84 Å². The summed E-state index contributed by atoms with van der Waals surface area (Å²) in [6.45, 7) is 2.19. The Morgan fingerprint density at radius 2 is 2.08 bits per heavy atom. The minimum absolute atomic E-state index is 0.0304. The Hall–Kier alpha value is -2.73. The molecule has 1 aliphatic rings. The van der Waals surface area contributed by atoms with Gasteiger partial charge in [-0.1, -0.05) is 0 Å². The number of hydrogen-bond donors (Lipinski definition) is 2. The topological polar surface area (TPSA) is 94.2 Å². The van der Waals surface area contributed by atoms with Gasteiger partial charge >= 0.3 is 0 Å². The summed E-state index contributed by atoms with van der Waals surface area (Å²) in [5.74, 6) is 2.17. The van der Waals surface area contributed by atoms with E-state index in [-0.39, 0.29) is 25.0 Å². The molecule has 1 aromatic carbocycles. The van der Waals surface area contributed by atoms with Gasteiger partial charge in [0.05, 0.1) is 12.1 Å². The van der Waals surface area contributed by atoms with Gasteiger partial charge in [-0.3, -0.25) is 4.98 Å². The quantitative estimate of drug-likeness (QED) is 0.696. The van der Waals surface area contributed by atoms with Crippen LogP contribution >= 0.6 is 0 Å². The number of nitrogens with zero attached hydrogens (tertiary/aromatic N) is 3. The van der Waals surface area contributed by atoms with Gasteiger partial charge in [-0.2, -0.15) is 0 Å². The molecule has 6 nitrogen and oxygen atoms in total. The lowest BCUT2D eigenvalue weighted by Gasteiger charge is -2.11. The molecule has 128 valence electrons. The molecule has 1 fully saturated rings. The normalized spacial score (nSPS) is 19.1. The summed E-state index contributed by atoms with van der Waals surface area (Å²) < 4.78 is 5.72. The SMILES string of the molecule is Cc1ccnc([C@@H]2C[C@H]2c2cc(OCCO)c3ccc(N)cc3n2)n1. The third kappa shape index (κ3) is 3.13. The van der Waals surface area contributed by atoms with Crippen LogP contribution in [0.1, 0.15) is 35.5 Å². The number of rotatable bonds is 5. The minimum atomic E-state index is -0.0304. The molecule has 3 N–H and O–H groups in total. The van der Waals surface area contributed by atoms with Crippen LogP contribution in [0.15, 0.2) is 36.5 Å². The van der Waals surface area contributed by atoms with Crippen LogP contribution in [0.3, 0.4) is 0 Å². The van der Waals surface area contributed by atoms with E-state index >= 15 is 0 Å². The molecule has 2 aromatic heterocycles. The number of nitrogens with two attached hydrogens (primary N) is 1. The van der Waals surface area contributed by atoms with E-state index in [1.54, 1.807) is 6.20 Å². The highest BCUT2D eigenvalue weighted by molar-refractivity contribution is 5.87. The number of aromatic nitrogens is 3. The maximum Gasteiger partial charge on any atom is 0.132 e. The molecule has 1 aliphatic carbocycles. The lowest BCUT2D eigenvalue weighted by atomic mass is 10.1. The number of hydrogen-bond acceptors (Lipinski definition) is 6. The first-order chi connectivity index (χ1) is 12.2. The standard InChI is InChI=1S/C19H20N4O2/c1-11-4-5-21-19(22-11)15-9-14(15)17-10-18(25-7-6-24)13-3-2-12(20)8-16(13)23-17/h2-5,8,10,14-15,24H,6-7,9,20H2,1H3/t14-,15-/m1/s1. The van der Waals surface area contributed by atoms with E-state index in [1.165, 1.54) is 0 Å². The second-order valence-corrected chi connectivity index (χ2v) is 6.40. The van der Waals surface area contributed by atoms with Crippen LogP contribution in [-0.2, 0) is 0 Å². The van der Waals surface area contributed by atoms with E-state index in [0.717, 1.165) is 40.3 Å². The van der Waals surface area contributed by atoms with Crippen LogP contribution in [0.5, 0.6) is 5.75 Å². The number of fused-ring (bicyclic) bond motifs is 1. The Morgan fingerprint density at radius 1 is 1.20 bits per heavy atom. The van der Waals surface area contributed by atoms with Gasteiger partial charge in [-0.05, 0) is 37.6 Å². The Bertz CT molecular complexity index is 928. The van der Waals surface area contributed by atoms with Crippen LogP contribution in [0.25, 0.3) is 10.9 Å². The van der Waals surface area contributed by atoms with Gasteiger partial charge in [0.1, 0.15) is 18.2 Å². The van der Waals surface area contributed by atoms with Crippen molar-refractivity contribution in [1.82, 2.24) is 15.0 Å². The summed E-state index contributed by atoms with van der Waals surface area (Å²) in [6.07, 6.45) is 2.78. The molecule has 2 atom stereocenters. The largest absolute Gasteiger partial charge is 0.490 e. The van der Waals surface area contributed by atoms with Crippen molar-refractivity contribution in [3.05, 3.63) is 53.7 Å². The molecule has 0 aliphatic heterocycles. The van der Waals surface area contributed by atoms with Gasteiger partial charge < -0.3 is 15.6 Å². The Balaban J connectivity index is 1.70. The number of pyridine rings is 1. The molecule has 0 saturated heterocycles. The number of nitrogen functional groups attached to an aromatic ring is 1. The van der Waals surface area contributed by atoms with Crippen molar-refractivity contribution in [1.29, 1.82) is 0 Å². The Labute approximate surface area is 145 Å². The summed E-state index contributed by atoms with van der Waals surface area (Å²) in [4.78, 5) is 13.7. The van der Waals surface area contributed by atoms with Crippen LogP contribution in [0.4, 0.5) is 5.69 Å². The monoisotopic (exact) mass is 336 g/mol. The van der Waals surface area contributed by atoms with Crippen molar-refractivity contribution in [3.63, 3.8) is 0 Å². The van der Waals surface area contributed by atoms with Gasteiger partial charge in [-0.15, -0.1) is 0 Å². The maximum atomic E-state index is 9.07. The van der Waals surface area contributed by atoms with Gasteiger partial charge in [0.25, 0.3) is 0 Å². The summed E-state index contributed by atoms with van der Waals surface area (Å²) in [6, 6.07) is 9.46. The summed E-state index contributed by atoms with van der Waals surface area (Å²) >= 11 is 0. The molecule has 2 heterocycles. The molecular formula is C19H20N4O2.